The number of carbonyl (C=O) groups excluding carboxylic acids is 2. The first-order valence-corrected chi connectivity index (χ1v) is 9.23. The summed E-state index contributed by atoms with van der Waals surface area (Å²) in [7, 11) is 0. The normalized spacial score (nSPS) is 21.5. The fraction of sp³-hybridized carbons (Fsp3) is 0.250. The predicted octanol–water partition coefficient (Wildman–Crippen LogP) is 5.38. The second-order valence-corrected chi connectivity index (χ2v) is 7.35. The molecule has 0 saturated carbocycles. The molecular weight excluding hydrogens is 320 g/mol. The average Bonchev–Trinajstić information content (AvgIpc) is 2.67. The van der Waals surface area contributed by atoms with Crippen LogP contribution in [0.1, 0.15) is 32.3 Å². The van der Waals surface area contributed by atoms with Crippen LogP contribution in [0.15, 0.2) is 66.7 Å². The van der Waals surface area contributed by atoms with E-state index in [-0.39, 0.29) is 23.9 Å². The summed E-state index contributed by atoms with van der Waals surface area (Å²) >= 11 is 0. The molecule has 2 nitrogen and oxygen atoms in total. The third kappa shape index (κ3) is 2.40. The van der Waals surface area contributed by atoms with Gasteiger partial charge in [-0.1, -0.05) is 62.7 Å². The number of fused-ring (bicyclic) bond motifs is 2. The lowest BCUT2D eigenvalue weighted by Crippen LogP contribution is -2.45. The van der Waals surface area contributed by atoms with Gasteiger partial charge in [0.15, 0.2) is 11.6 Å². The Kier molecular flexibility index (Phi) is 3.99. The summed E-state index contributed by atoms with van der Waals surface area (Å²) in [6, 6.07) is 18.7. The maximum atomic E-state index is 13.1. The lowest BCUT2D eigenvalue weighted by molar-refractivity contribution is -0.128. The van der Waals surface area contributed by atoms with Crippen molar-refractivity contribution in [2.45, 2.75) is 32.1 Å². The van der Waals surface area contributed by atoms with Gasteiger partial charge in [-0.05, 0) is 57.3 Å². The van der Waals surface area contributed by atoms with Crippen LogP contribution >= 0.6 is 0 Å². The SMILES string of the molecule is CCC(C)C1(c2cccc3cc4ccccc4cc23)CC(=O)C=CC1=O. The van der Waals surface area contributed by atoms with E-state index in [9.17, 15) is 9.59 Å². The largest absolute Gasteiger partial charge is 0.295 e. The molecule has 3 aromatic rings. The van der Waals surface area contributed by atoms with Crippen LogP contribution < -0.4 is 0 Å². The molecule has 1 aliphatic rings. The fourth-order valence-electron chi connectivity index (χ4n) is 4.35. The third-order valence-corrected chi connectivity index (χ3v) is 5.99. The predicted molar refractivity (Wildman–Crippen MR) is 106 cm³/mol. The molecule has 26 heavy (non-hydrogen) atoms. The van der Waals surface area contributed by atoms with E-state index in [1.807, 2.05) is 24.3 Å². The van der Waals surface area contributed by atoms with Crippen molar-refractivity contribution in [3.8, 4) is 0 Å². The molecule has 4 rings (SSSR count). The molecule has 2 atom stereocenters. The van der Waals surface area contributed by atoms with Crippen molar-refractivity contribution in [2.24, 2.45) is 5.92 Å². The number of rotatable bonds is 3. The molecule has 0 fully saturated rings. The molecule has 0 N–H and O–H groups in total. The summed E-state index contributed by atoms with van der Waals surface area (Å²) in [5.74, 6) is 0.163. The summed E-state index contributed by atoms with van der Waals surface area (Å²) in [4.78, 5) is 25.5. The summed E-state index contributed by atoms with van der Waals surface area (Å²) in [6.07, 6.45) is 4.02. The van der Waals surface area contributed by atoms with Crippen molar-refractivity contribution in [3.05, 3.63) is 72.3 Å². The van der Waals surface area contributed by atoms with Crippen LogP contribution in [0.3, 0.4) is 0 Å². The van der Waals surface area contributed by atoms with Crippen molar-refractivity contribution in [2.75, 3.05) is 0 Å². The van der Waals surface area contributed by atoms with E-state index < -0.39 is 5.41 Å². The van der Waals surface area contributed by atoms with E-state index in [1.165, 1.54) is 17.5 Å². The highest BCUT2D eigenvalue weighted by atomic mass is 16.1. The Morgan fingerprint density at radius 1 is 0.923 bits per heavy atom. The molecule has 0 spiro atoms. The Labute approximate surface area is 153 Å². The van der Waals surface area contributed by atoms with Crippen LogP contribution in [0, 0.1) is 5.92 Å². The van der Waals surface area contributed by atoms with E-state index in [0.717, 1.165) is 28.1 Å². The van der Waals surface area contributed by atoms with Gasteiger partial charge in [0.25, 0.3) is 0 Å². The first kappa shape index (κ1) is 16.7. The average molecular weight is 342 g/mol. The first-order valence-electron chi connectivity index (χ1n) is 9.23. The molecule has 1 aliphatic carbocycles. The number of allylic oxidation sites excluding steroid dienone is 2. The van der Waals surface area contributed by atoms with Crippen molar-refractivity contribution >= 4 is 33.1 Å². The highest BCUT2D eigenvalue weighted by molar-refractivity contribution is 6.13. The minimum absolute atomic E-state index is 0.0303. The molecule has 130 valence electrons. The monoisotopic (exact) mass is 342 g/mol. The smallest absolute Gasteiger partial charge is 0.167 e. The zero-order valence-corrected chi connectivity index (χ0v) is 15.2. The van der Waals surface area contributed by atoms with Gasteiger partial charge in [0.05, 0.1) is 5.41 Å². The molecule has 0 amide bonds. The van der Waals surface area contributed by atoms with Gasteiger partial charge in [-0.2, -0.15) is 0 Å². The van der Waals surface area contributed by atoms with E-state index in [1.54, 1.807) is 0 Å². The minimum atomic E-state index is -0.775. The molecule has 2 heteroatoms. The lowest BCUT2D eigenvalue weighted by Gasteiger charge is -2.39. The van der Waals surface area contributed by atoms with Gasteiger partial charge in [-0.25, -0.2) is 0 Å². The van der Waals surface area contributed by atoms with Gasteiger partial charge >= 0.3 is 0 Å². The Bertz CT molecular complexity index is 1060. The van der Waals surface area contributed by atoms with E-state index in [0.29, 0.717) is 0 Å². The third-order valence-electron chi connectivity index (χ3n) is 5.99. The highest BCUT2D eigenvalue weighted by Gasteiger charge is 2.46. The fourth-order valence-corrected chi connectivity index (χ4v) is 4.35. The van der Waals surface area contributed by atoms with Gasteiger partial charge in [0, 0.05) is 6.42 Å². The van der Waals surface area contributed by atoms with Crippen LogP contribution in [0.4, 0.5) is 0 Å². The van der Waals surface area contributed by atoms with Crippen molar-refractivity contribution in [1.29, 1.82) is 0 Å². The Morgan fingerprint density at radius 2 is 1.62 bits per heavy atom. The van der Waals surface area contributed by atoms with Gasteiger partial charge < -0.3 is 0 Å². The van der Waals surface area contributed by atoms with E-state index in [2.05, 4.69) is 44.2 Å². The maximum absolute atomic E-state index is 13.1. The van der Waals surface area contributed by atoms with Crippen molar-refractivity contribution in [1.82, 2.24) is 0 Å². The van der Waals surface area contributed by atoms with Crippen LogP contribution in [0.25, 0.3) is 21.5 Å². The highest BCUT2D eigenvalue weighted by Crippen LogP contribution is 2.44. The molecule has 0 radical (unpaired) electrons. The van der Waals surface area contributed by atoms with E-state index >= 15 is 0 Å². The molecule has 0 aliphatic heterocycles. The van der Waals surface area contributed by atoms with Crippen LogP contribution in [-0.4, -0.2) is 11.6 Å². The Morgan fingerprint density at radius 3 is 2.35 bits per heavy atom. The van der Waals surface area contributed by atoms with Gasteiger partial charge in [-0.3, -0.25) is 9.59 Å². The van der Waals surface area contributed by atoms with Gasteiger partial charge in [0.2, 0.25) is 0 Å². The van der Waals surface area contributed by atoms with Crippen LogP contribution in [0.2, 0.25) is 0 Å². The molecule has 0 aromatic heterocycles. The second kappa shape index (κ2) is 6.21. The Balaban J connectivity index is 2.07. The second-order valence-electron chi connectivity index (χ2n) is 7.35. The van der Waals surface area contributed by atoms with Crippen LogP contribution in [0.5, 0.6) is 0 Å². The summed E-state index contributed by atoms with van der Waals surface area (Å²) < 4.78 is 0. The summed E-state index contributed by atoms with van der Waals surface area (Å²) in [5, 5.41) is 4.51. The Hall–Kier alpha value is -2.74. The zero-order chi connectivity index (χ0) is 18.3. The molecule has 2 unspecified atom stereocenters. The molecule has 0 heterocycles. The first-order chi connectivity index (χ1) is 12.6. The number of carbonyl (C=O) groups is 2. The van der Waals surface area contributed by atoms with Crippen LogP contribution in [-0.2, 0) is 15.0 Å². The quantitative estimate of drug-likeness (QED) is 0.599. The van der Waals surface area contributed by atoms with Gasteiger partial charge in [0.1, 0.15) is 0 Å². The van der Waals surface area contributed by atoms with Crippen molar-refractivity contribution in [3.63, 3.8) is 0 Å². The number of ketones is 2. The molecule has 3 aromatic carbocycles. The number of benzene rings is 3. The van der Waals surface area contributed by atoms with E-state index in [4.69, 9.17) is 0 Å². The number of hydrogen-bond donors (Lipinski definition) is 0. The summed E-state index contributed by atoms with van der Waals surface area (Å²) in [5.41, 5.74) is 0.209. The van der Waals surface area contributed by atoms with Crippen molar-refractivity contribution < 1.29 is 9.59 Å². The molecule has 0 bridgehead atoms. The maximum Gasteiger partial charge on any atom is 0.167 e. The molecule has 0 saturated heterocycles. The minimum Gasteiger partial charge on any atom is -0.295 e. The topological polar surface area (TPSA) is 34.1 Å². The summed E-state index contributed by atoms with van der Waals surface area (Å²) in [6.45, 7) is 4.17. The lowest BCUT2D eigenvalue weighted by atomic mass is 9.61. The number of hydrogen-bond acceptors (Lipinski definition) is 2. The molecular formula is C24H22O2. The zero-order valence-electron chi connectivity index (χ0n) is 15.2. The standard InChI is InChI=1S/C24H22O2/c1-3-16(2)24(15-20(25)11-12-23(24)26)22-10-6-9-19-13-17-7-4-5-8-18(17)14-21(19)22/h4-14,16H,3,15H2,1-2H3. The van der Waals surface area contributed by atoms with Gasteiger partial charge in [-0.15, -0.1) is 0 Å².